The van der Waals surface area contributed by atoms with Crippen LogP contribution in [0.3, 0.4) is 0 Å². The first kappa shape index (κ1) is 10.4. The lowest BCUT2D eigenvalue weighted by Gasteiger charge is -2.23. The fourth-order valence-corrected chi connectivity index (χ4v) is 1.96. The first-order valence-corrected chi connectivity index (χ1v) is 5.84. The quantitative estimate of drug-likeness (QED) is 0.732. The lowest BCUT2D eigenvalue weighted by molar-refractivity contribution is -0.125. The minimum absolute atomic E-state index is 0.399. The van der Waals surface area contributed by atoms with Crippen LogP contribution >= 0.6 is 0 Å². The van der Waals surface area contributed by atoms with Crippen molar-refractivity contribution in [1.29, 1.82) is 0 Å². The molecule has 1 aliphatic carbocycles. The molecular weight excluding hydrogens is 184 g/mol. The van der Waals surface area contributed by atoms with E-state index in [9.17, 15) is 4.79 Å². The maximum absolute atomic E-state index is 11.7. The molecule has 0 bridgehead atoms. The molecule has 0 saturated heterocycles. The predicted molar refractivity (Wildman–Crippen MR) is 61.8 cm³/mol. The van der Waals surface area contributed by atoms with Gasteiger partial charge in [-0.15, -0.1) is 0 Å². The minimum atomic E-state index is 0.399. The minimum Gasteiger partial charge on any atom is -0.299 e. The molecule has 80 valence electrons. The summed E-state index contributed by atoms with van der Waals surface area (Å²) in [6.07, 6.45) is 5.16. The summed E-state index contributed by atoms with van der Waals surface area (Å²) in [5, 5.41) is 0. The van der Waals surface area contributed by atoms with Crippen LogP contribution in [-0.4, -0.2) is 5.78 Å². The molecule has 0 spiro atoms. The van der Waals surface area contributed by atoms with Crippen molar-refractivity contribution < 1.29 is 4.79 Å². The normalized spacial score (nSPS) is 16.1. The van der Waals surface area contributed by atoms with E-state index < -0.39 is 0 Å². The van der Waals surface area contributed by atoms with Gasteiger partial charge in [0.15, 0.2) is 0 Å². The van der Waals surface area contributed by atoms with Crippen LogP contribution in [0.15, 0.2) is 24.3 Å². The van der Waals surface area contributed by atoms with Crippen LogP contribution in [0.4, 0.5) is 0 Å². The molecule has 1 fully saturated rings. The maximum Gasteiger partial charge on any atom is 0.136 e. The van der Waals surface area contributed by atoms with Gasteiger partial charge in [-0.3, -0.25) is 4.79 Å². The Bertz CT molecular complexity index is 333. The van der Waals surface area contributed by atoms with Crippen molar-refractivity contribution in [3.63, 3.8) is 0 Å². The van der Waals surface area contributed by atoms with Crippen molar-refractivity contribution >= 4 is 5.78 Å². The summed E-state index contributed by atoms with van der Waals surface area (Å²) >= 11 is 0. The van der Waals surface area contributed by atoms with Crippen LogP contribution in [0.5, 0.6) is 0 Å². The van der Waals surface area contributed by atoms with Crippen molar-refractivity contribution in [3.8, 4) is 0 Å². The average molecular weight is 202 g/mol. The molecule has 1 aromatic carbocycles. The number of benzene rings is 1. The lowest BCUT2D eigenvalue weighted by Crippen LogP contribution is -2.22. The van der Waals surface area contributed by atoms with Crippen molar-refractivity contribution in [2.45, 2.75) is 39.0 Å². The molecule has 0 heterocycles. The molecular formula is C14H18O. The van der Waals surface area contributed by atoms with Gasteiger partial charge in [-0.1, -0.05) is 36.2 Å². The first-order valence-electron chi connectivity index (χ1n) is 5.84. The number of carbonyl (C=O) groups excluding carboxylic acids is 1. The van der Waals surface area contributed by atoms with Gasteiger partial charge >= 0.3 is 0 Å². The molecule has 0 amide bonds. The Hall–Kier alpha value is -1.11. The number of hydrogen-bond donors (Lipinski definition) is 0. The van der Waals surface area contributed by atoms with Gasteiger partial charge < -0.3 is 0 Å². The Kier molecular flexibility index (Phi) is 3.20. The van der Waals surface area contributed by atoms with Crippen LogP contribution in [0, 0.1) is 12.8 Å². The Morgan fingerprint density at radius 3 is 2.47 bits per heavy atom. The third-order valence-corrected chi connectivity index (χ3v) is 3.34. The smallest absolute Gasteiger partial charge is 0.136 e. The molecule has 1 saturated carbocycles. The van der Waals surface area contributed by atoms with Gasteiger partial charge in [0.25, 0.3) is 0 Å². The van der Waals surface area contributed by atoms with Gasteiger partial charge in [0.1, 0.15) is 5.78 Å². The van der Waals surface area contributed by atoms with E-state index in [1.165, 1.54) is 17.5 Å². The molecule has 0 radical (unpaired) electrons. The van der Waals surface area contributed by atoms with Crippen LogP contribution in [0.25, 0.3) is 0 Å². The Balaban J connectivity index is 1.82. The van der Waals surface area contributed by atoms with Gasteiger partial charge in [-0.05, 0) is 31.7 Å². The average Bonchev–Trinajstić information content (AvgIpc) is 2.14. The first-order chi connectivity index (χ1) is 7.25. The number of Topliss-reactive ketones (excluding diaryl/α,β-unsaturated/α-hetero) is 1. The summed E-state index contributed by atoms with van der Waals surface area (Å²) in [6, 6.07) is 8.49. The molecule has 0 unspecified atom stereocenters. The summed E-state index contributed by atoms with van der Waals surface area (Å²) in [7, 11) is 0. The highest BCUT2D eigenvalue weighted by Crippen LogP contribution is 2.28. The number of aryl methyl sites for hydroxylation is 2. The molecule has 0 aromatic heterocycles. The second kappa shape index (κ2) is 4.61. The molecule has 1 aliphatic rings. The lowest BCUT2D eigenvalue weighted by atomic mass is 9.80. The van der Waals surface area contributed by atoms with E-state index in [-0.39, 0.29) is 0 Å². The van der Waals surface area contributed by atoms with Crippen molar-refractivity contribution in [2.75, 3.05) is 0 Å². The zero-order valence-electron chi connectivity index (χ0n) is 9.33. The van der Waals surface area contributed by atoms with Crippen LogP contribution in [0.1, 0.15) is 36.8 Å². The van der Waals surface area contributed by atoms with E-state index in [1.807, 2.05) is 0 Å². The Morgan fingerprint density at radius 1 is 1.27 bits per heavy atom. The molecule has 0 aliphatic heterocycles. The molecule has 1 nitrogen and oxygen atoms in total. The van der Waals surface area contributed by atoms with Gasteiger partial charge in [0.2, 0.25) is 0 Å². The topological polar surface area (TPSA) is 17.1 Å². The van der Waals surface area contributed by atoms with Crippen LogP contribution < -0.4 is 0 Å². The second-order valence-electron chi connectivity index (χ2n) is 4.58. The van der Waals surface area contributed by atoms with Crippen molar-refractivity contribution in [2.24, 2.45) is 5.92 Å². The Labute approximate surface area is 91.5 Å². The van der Waals surface area contributed by atoms with E-state index in [2.05, 4.69) is 31.2 Å². The highest BCUT2D eigenvalue weighted by Gasteiger charge is 2.24. The standard InChI is InChI=1S/C14H18O/c1-11-5-7-12(8-6-11)9-10-14(15)13-3-2-4-13/h5-8,13H,2-4,9-10H2,1H3. The predicted octanol–water partition coefficient (Wildman–Crippen LogP) is 3.30. The fraction of sp³-hybridized carbons (Fsp3) is 0.500. The summed E-state index contributed by atoms with van der Waals surface area (Å²) in [5.41, 5.74) is 2.57. The summed E-state index contributed by atoms with van der Waals surface area (Å²) in [6.45, 7) is 2.09. The molecule has 1 heteroatoms. The third-order valence-electron chi connectivity index (χ3n) is 3.34. The Morgan fingerprint density at radius 2 is 1.93 bits per heavy atom. The van der Waals surface area contributed by atoms with E-state index >= 15 is 0 Å². The number of hydrogen-bond acceptors (Lipinski definition) is 1. The highest BCUT2D eigenvalue weighted by atomic mass is 16.1. The summed E-state index contributed by atoms with van der Waals surface area (Å²) in [4.78, 5) is 11.7. The van der Waals surface area contributed by atoms with Gasteiger partial charge in [0, 0.05) is 12.3 Å². The second-order valence-corrected chi connectivity index (χ2v) is 4.58. The number of ketones is 1. The van der Waals surface area contributed by atoms with Gasteiger partial charge in [0.05, 0.1) is 0 Å². The van der Waals surface area contributed by atoms with E-state index in [0.717, 1.165) is 25.7 Å². The van der Waals surface area contributed by atoms with Crippen molar-refractivity contribution in [1.82, 2.24) is 0 Å². The SMILES string of the molecule is Cc1ccc(CCC(=O)C2CCC2)cc1. The van der Waals surface area contributed by atoms with Gasteiger partial charge in [-0.2, -0.15) is 0 Å². The summed E-state index contributed by atoms with van der Waals surface area (Å²) in [5.74, 6) is 0.872. The van der Waals surface area contributed by atoms with Crippen LogP contribution in [-0.2, 0) is 11.2 Å². The number of rotatable bonds is 4. The van der Waals surface area contributed by atoms with Crippen molar-refractivity contribution in [3.05, 3.63) is 35.4 Å². The molecule has 1 aromatic rings. The van der Waals surface area contributed by atoms with E-state index in [4.69, 9.17) is 0 Å². The number of carbonyl (C=O) groups is 1. The third kappa shape index (κ3) is 2.68. The molecule has 0 atom stereocenters. The zero-order chi connectivity index (χ0) is 10.7. The largest absolute Gasteiger partial charge is 0.299 e. The van der Waals surface area contributed by atoms with Gasteiger partial charge in [-0.25, -0.2) is 0 Å². The molecule has 0 N–H and O–H groups in total. The fourth-order valence-electron chi connectivity index (χ4n) is 1.96. The van der Waals surface area contributed by atoms with E-state index in [0.29, 0.717) is 11.7 Å². The highest BCUT2D eigenvalue weighted by molar-refractivity contribution is 5.81. The zero-order valence-corrected chi connectivity index (χ0v) is 9.33. The molecule has 15 heavy (non-hydrogen) atoms. The monoisotopic (exact) mass is 202 g/mol. The van der Waals surface area contributed by atoms with E-state index in [1.54, 1.807) is 0 Å². The summed E-state index contributed by atoms with van der Waals surface area (Å²) < 4.78 is 0. The van der Waals surface area contributed by atoms with Crippen LogP contribution in [0.2, 0.25) is 0 Å². The molecule has 2 rings (SSSR count). The maximum atomic E-state index is 11.7.